The molecule has 0 spiro atoms. The molecule has 1 aliphatic carbocycles. The van der Waals surface area contributed by atoms with Gasteiger partial charge in [-0.05, 0) is 45.4 Å². The topological polar surface area (TPSA) is 38.0 Å². The first-order valence-corrected chi connectivity index (χ1v) is 6.81. The molecular formula is C14H24N2O. The molecule has 2 rings (SSSR count). The van der Waals surface area contributed by atoms with Crippen LogP contribution in [0.1, 0.15) is 56.5 Å². The summed E-state index contributed by atoms with van der Waals surface area (Å²) in [5.74, 6) is 0.704. The molecule has 3 atom stereocenters. The third kappa shape index (κ3) is 2.54. The van der Waals surface area contributed by atoms with E-state index in [1.165, 1.54) is 18.5 Å². The summed E-state index contributed by atoms with van der Waals surface area (Å²) in [6, 6.07) is 0.444. The lowest BCUT2D eigenvalue weighted by Crippen LogP contribution is -2.30. The summed E-state index contributed by atoms with van der Waals surface area (Å²) in [7, 11) is 0. The van der Waals surface area contributed by atoms with Gasteiger partial charge in [-0.15, -0.1) is 0 Å². The summed E-state index contributed by atoms with van der Waals surface area (Å²) in [5, 5.41) is 9.89. The zero-order valence-corrected chi connectivity index (χ0v) is 11.2. The average molecular weight is 236 g/mol. The highest BCUT2D eigenvalue weighted by Gasteiger charge is 2.31. The summed E-state index contributed by atoms with van der Waals surface area (Å²) in [4.78, 5) is 4.39. The first kappa shape index (κ1) is 12.6. The lowest BCUT2D eigenvalue weighted by atomic mass is 9.80. The van der Waals surface area contributed by atoms with Crippen molar-refractivity contribution in [2.24, 2.45) is 5.92 Å². The van der Waals surface area contributed by atoms with Gasteiger partial charge in [0, 0.05) is 11.7 Å². The van der Waals surface area contributed by atoms with E-state index in [2.05, 4.69) is 30.3 Å². The number of aromatic nitrogens is 2. The molecule has 1 fully saturated rings. The second-order valence-corrected chi connectivity index (χ2v) is 5.41. The lowest BCUT2D eigenvalue weighted by molar-refractivity contribution is 0.0687. The molecule has 17 heavy (non-hydrogen) atoms. The van der Waals surface area contributed by atoms with E-state index in [-0.39, 0.29) is 6.10 Å². The zero-order valence-electron chi connectivity index (χ0n) is 11.2. The van der Waals surface area contributed by atoms with Crippen LogP contribution in [-0.4, -0.2) is 20.8 Å². The number of hydrogen-bond acceptors (Lipinski definition) is 2. The third-order valence-electron chi connectivity index (χ3n) is 4.23. The fourth-order valence-electron chi connectivity index (χ4n) is 3.09. The summed E-state index contributed by atoms with van der Waals surface area (Å²) >= 11 is 0. The van der Waals surface area contributed by atoms with E-state index < -0.39 is 0 Å². The van der Waals surface area contributed by atoms with Crippen LogP contribution < -0.4 is 0 Å². The first-order valence-electron chi connectivity index (χ1n) is 6.81. The second kappa shape index (κ2) is 5.21. The van der Waals surface area contributed by atoms with E-state index >= 15 is 0 Å². The van der Waals surface area contributed by atoms with Crippen molar-refractivity contribution in [2.75, 3.05) is 0 Å². The van der Waals surface area contributed by atoms with Crippen LogP contribution in [0.25, 0.3) is 0 Å². The number of rotatable bonds is 3. The number of imidazole rings is 1. The van der Waals surface area contributed by atoms with Gasteiger partial charge in [0.1, 0.15) is 0 Å². The van der Waals surface area contributed by atoms with Gasteiger partial charge in [-0.2, -0.15) is 0 Å². The van der Waals surface area contributed by atoms with Gasteiger partial charge in [-0.3, -0.25) is 0 Å². The molecule has 0 bridgehead atoms. The Labute approximate surface area is 104 Å². The fraction of sp³-hybridized carbons (Fsp3) is 0.786. The maximum Gasteiger partial charge on any atom is 0.0954 e. The summed E-state index contributed by atoms with van der Waals surface area (Å²) in [6.07, 6.45) is 7.31. The molecule has 1 aromatic heterocycles. The van der Waals surface area contributed by atoms with Crippen LogP contribution in [0, 0.1) is 19.8 Å². The molecule has 0 aromatic carbocycles. The van der Waals surface area contributed by atoms with Crippen LogP contribution in [0.15, 0.2) is 6.33 Å². The Kier molecular flexibility index (Phi) is 3.87. The van der Waals surface area contributed by atoms with Crippen molar-refractivity contribution in [1.29, 1.82) is 0 Å². The van der Waals surface area contributed by atoms with Gasteiger partial charge in [0.15, 0.2) is 0 Å². The lowest BCUT2D eigenvalue weighted by Gasteiger charge is -2.35. The molecule has 1 heterocycles. The van der Waals surface area contributed by atoms with E-state index in [9.17, 15) is 5.11 Å². The van der Waals surface area contributed by atoms with Crippen molar-refractivity contribution in [3.8, 4) is 0 Å². The second-order valence-electron chi connectivity index (χ2n) is 5.41. The Morgan fingerprint density at radius 3 is 2.76 bits per heavy atom. The monoisotopic (exact) mass is 236 g/mol. The van der Waals surface area contributed by atoms with Crippen LogP contribution in [0.5, 0.6) is 0 Å². The smallest absolute Gasteiger partial charge is 0.0954 e. The Hall–Kier alpha value is -0.830. The Balaban J connectivity index is 2.22. The molecule has 0 aliphatic heterocycles. The van der Waals surface area contributed by atoms with Crippen molar-refractivity contribution < 1.29 is 5.11 Å². The minimum Gasteiger partial charge on any atom is -0.393 e. The number of aliphatic hydroxyl groups is 1. The minimum absolute atomic E-state index is 0.129. The molecule has 3 nitrogen and oxygen atoms in total. The fourth-order valence-corrected chi connectivity index (χ4v) is 3.09. The summed E-state index contributed by atoms with van der Waals surface area (Å²) < 4.78 is 2.29. The number of nitrogens with zero attached hydrogens (tertiary/aromatic N) is 2. The third-order valence-corrected chi connectivity index (χ3v) is 4.23. The van der Waals surface area contributed by atoms with Crippen LogP contribution in [0.4, 0.5) is 0 Å². The van der Waals surface area contributed by atoms with Crippen molar-refractivity contribution >= 4 is 0 Å². The molecule has 3 unspecified atom stereocenters. The highest BCUT2D eigenvalue weighted by molar-refractivity contribution is 5.10. The standard InChI is InChI=1S/C14H24N2O/c1-4-5-12-6-7-13(17)8-14(12)16-9-15-10(2)11(16)3/h9,12-14,17H,4-8H2,1-3H3. The van der Waals surface area contributed by atoms with Crippen LogP contribution in [0.2, 0.25) is 0 Å². The Morgan fingerprint density at radius 1 is 1.41 bits per heavy atom. The maximum absolute atomic E-state index is 9.89. The molecule has 1 N–H and O–H groups in total. The van der Waals surface area contributed by atoms with Gasteiger partial charge in [0.25, 0.3) is 0 Å². The predicted octanol–water partition coefficient (Wildman–Crippen LogP) is 3.00. The Bertz CT molecular complexity index is 372. The zero-order chi connectivity index (χ0) is 12.4. The molecule has 0 amide bonds. The SMILES string of the molecule is CCCC1CCC(O)CC1n1cnc(C)c1C. The van der Waals surface area contributed by atoms with E-state index in [1.54, 1.807) is 0 Å². The minimum atomic E-state index is -0.129. The molecular weight excluding hydrogens is 212 g/mol. The Morgan fingerprint density at radius 2 is 2.18 bits per heavy atom. The summed E-state index contributed by atoms with van der Waals surface area (Å²) in [5.41, 5.74) is 2.37. The molecule has 1 saturated carbocycles. The summed E-state index contributed by atoms with van der Waals surface area (Å²) in [6.45, 7) is 6.43. The van der Waals surface area contributed by atoms with Gasteiger partial charge < -0.3 is 9.67 Å². The van der Waals surface area contributed by atoms with Gasteiger partial charge in [0.2, 0.25) is 0 Å². The van der Waals surface area contributed by atoms with Crippen molar-refractivity contribution in [3.05, 3.63) is 17.7 Å². The van der Waals surface area contributed by atoms with Crippen LogP contribution >= 0.6 is 0 Å². The van der Waals surface area contributed by atoms with Crippen molar-refractivity contribution in [1.82, 2.24) is 9.55 Å². The van der Waals surface area contributed by atoms with E-state index in [1.807, 2.05) is 6.33 Å². The molecule has 3 heteroatoms. The maximum atomic E-state index is 9.89. The average Bonchev–Trinajstić information content (AvgIpc) is 2.63. The van der Waals surface area contributed by atoms with Crippen LogP contribution in [0.3, 0.4) is 0 Å². The van der Waals surface area contributed by atoms with E-state index in [4.69, 9.17) is 0 Å². The van der Waals surface area contributed by atoms with Crippen molar-refractivity contribution in [3.63, 3.8) is 0 Å². The largest absolute Gasteiger partial charge is 0.393 e. The molecule has 1 aliphatic rings. The quantitative estimate of drug-likeness (QED) is 0.876. The molecule has 0 saturated heterocycles. The number of aryl methyl sites for hydroxylation is 1. The van der Waals surface area contributed by atoms with Gasteiger partial charge >= 0.3 is 0 Å². The van der Waals surface area contributed by atoms with Crippen LogP contribution in [-0.2, 0) is 0 Å². The molecule has 1 aromatic rings. The number of hydrogen-bond donors (Lipinski definition) is 1. The van der Waals surface area contributed by atoms with Gasteiger partial charge in [-0.25, -0.2) is 4.98 Å². The van der Waals surface area contributed by atoms with Crippen molar-refractivity contribution in [2.45, 2.75) is 65.0 Å². The predicted molar refractivity (Wildman–Crippen MR) is 69.0 cm³/mol. The first-order chi connectivity index (χ1) is 8.13. The van der Waals surface area contributed by atoms with E-state index in [0.717, 1.165) is 25.0 Å². The van der Waals surface area contributed by atoms with Gasteiger partial charge in [0.05, 0.1) is 18.1 Å². The van der Waals surface area contributed by atoms with E-state index in [0.29, 0.717) is 12.0 Å². The number of aliphatic hydroxyl groups excluding tert-OH is 1. The molecule has 96 valence electrons. The molecule has 0 radical (unpaired) electrons. The highest BCUT2D eigenvalue weighted by atomic mass is 16.3. The highest BCUT2D eigenvalue weighted by Crippen LogP contribution is 2.37. The normalized spacial score (nSPS) is 29.5. The van der Waals surface area contributed by atoms with Gasteiger partial charge in [-0.1, -0.05) is 13.3 Å².